The number of phenolic OH excluding ortho intramolecular Hbond substituents is 2. The highest BCUT2D eigenvalue weighted by atomic mass is 32.1. The molecule has 3 N–H and O–H groups in total. The van der Waals surface area contributed by atoms with Crippen LogP contribution < -0.4 is 9.64 Å². The number of anilines is 1. The standard InChI is InChI=1S/C19H22N4O3S/c1-5-11-8-13(16(25)10-15(11)24)18-20-21-19(27)23(18)12-6-7-17(26-4)14(9-12)22(2)3/h6-10,24-25H,5H2,1-4H3,(H,21,27). The summed E-state index contributed by atoms with van der Waals surface area (Å²) in [6.07, 6.45) is 0.623. The maximum atomic E-state index is 10.4. The van der Waals surface area contributed by atoms with Gasteiger partial charge in [0.15, 0.2) is 10.6 Å². The van der Waals surface area contributed by atoms with Gasteiger partial charge in [0.05, 0.1) is 24.0 Å². The van der Waals surface area contributed by atoms with Crippen LogP contribution in [0.4, 0.5) is 5.69 Å². The van der Waals surface area contributed by atoms with Crippen LogP contribution in [0.3, 0.4) is 0 Å². The number of rotatable bonds is 5. The summed E-state index contributed by atoms with van der Waals surface area (Å²) in [4.78, 5) is 1.94. The highest BCUT2D eigenvalue weighted by Crippen LogP contribution is 2.36. The van der Waals surface area contributed by atoms with E-state index in [2.05, 4.69) is 10.2 Å². The van der Waals surface area contributed by atoms with Crippen LogP contribution in [0.2, 0.25) is 0 Å². The van der Waals surface area contributed by atoms with Crippen LogP contribution in [0.15, 0.2) is 30.3 Å². The molecule has 0 aliphatic heterocycles. The van der Waals surface area contributed by atoms with Crippen molar-refractivity contribution in [2.24, 2.45) is 0 Å². The molecule has 0 amide bonds. The van der Waals surface area contributed by atoms with Crippen molar-refractivity contribution in [2.75, 3.05) is 26.1 Å². The molecule has 0 saturated heterocycles. The molecule has 1 aromatic heterocycles. The van der Waals surface area contributed by atoms with Gasteiger partial charge >= 0.3 is 0 Å². The quantitative estimate of drug-likeness (QED) is 0.581. The molecule has 27 heavy (non-hydrogen) atoms. The maximum absolute atomic E-state index is 10.4. The van der Waals surface area contributed by atoms with E-state index in [1.807, 2.05) is 44.1 Å². The first-order valence-electron chi connectivity index (χ1n) is 8.45. The average Bonchev–Trinajstić information content (AvgIpc) is 3.02. The van der Waals surface area contributed by atoms with Gasteiger partial charge in [-0.3, -0.25) is 9.67 Å². The van der Waals surface area contributed by atoms with Crippen LogP contribution in [0.25, 0.3) is 17.1 Å². The van der Waals surface area contributed by atoms with Crippen molar-refractivity contribution >= 4 is 17.9 Å². The summed E-state index contributed by atoms with van der Waals surface area (Å²) >= 11 is 5.42. The third-order valence-corrected chi connectivity index (χ3v) is 4.67. The molecular formula is C19H22N4O3S. The van der Waals surface area contributed by atoms with Gasteiger partial charge in [0, 0.05) is 20.2 Å². The second kappa shape index (κ2) is 7.32. The zero-order valence-corrected chi connectivity index (χ0v) is 16.5. The molecule has 7 nitrogen and oxygen atoms in total. The number of ether oxygens (including phenoxy) is 1. The number of methoxy groups -OCH3 is 1. The van der Waals surface area contributed by atoms with E-state index < -0.39 is 0 Å². The molecule has 0 radical (unpaired) electrons. The Bertz CT molecular complexity index is 1040. The number of aromatic nitrogens is 3. The minimum absolute atomic E-state index is 0.0544. The van der Waals surface area contributed by atoms with E-state index in [4.69, 9.17) is 17.0 Å². The van der Waals surface area contributed by atoms with Gasteiger partial charge in [-0.2, -0.15) is 5.10 Å². The summed E-state index contributed by atoms with van der Waals surface area (Å²) in [6, 6.07) is 8.72. The van der Waals surface area contributed by atoms with Crippen molar-refractivity contribution in [1.82, 2.24) is 14.8 Å². The van der Waals surface area contributed by atoms with Gasteiger partial charge in [0.25, 0.3) is 0 Å². The SMILES string of the molecule is CCc1cc(-c2n[nH]c(=S)n2-c2ccc(OC)c(N(C)C)c2)c(O)cc1O. The van der Waals surface area contributed by atoms with E-state index >= 15 is 0 Å². The first kappa shape index (κ1) is 18.8. The van der Waals surface area contributed by atoms with Crippen molar-refractivity contribution < 1.29 is 14.9 Å². The molecule has 0 spiro atoms. The Labute approximate surface area is 162 Å². The Hall–Kier alpha value is -3.00. The third-order valence-electron chi connectivity index (χ3n) is 4.39. The van der Waals surface area contributed by atoms with E-state index in [0.29, 0.717) is 28.1 Å². The largest absolute Gasteiger partial charge is 0.508 e. The monoisotopic (exact) mass is 386 g/mol. The summed E-state index contributed by atoms with van der Waals surface area (Å²) in [5, 5.41) is 27.4. The zero-order chi connectivity index (χ0) is 19.7. The second-order valence-corrected chi connectivity index (χ2v) is 6.68. The van der Waals surface area contributed by atoms with E-state index in [0.717, 1.165) is 17.1 Å². The number of aromatic amines is 1. The van der Waals surface area contributed by atoms with Gasteiger partial charge in [-0.25, -0.2) is 0 Å². The Balaban J connectivity index is 2.23. The first-order chi connectivity index (χ1) is 12.9. The van der Waals surface area contributed by atoms with Gasteiger partial charge in [-0.15, -0.1) is 0 Å². The Morgan fingerprint density at radius 1 is 1.19 bits per heavy atom. The highest BCUT2D eigenvalue weighted by molar-refractivity contribution is 7.71. The van der Waals surface area contributed by atoms with Crippen LogP contribution in [0, 0.1) is 4.77 Å². The number of nitrogens with zero attached hydrogens (tertiary/aromatic N) is 3. The fourth-order valence-electron chi connectivity index (χ4n) is 2.97. The van der Waals surface area contributed by atoms with Crippen LogP contribution >= 0.6 is 12.2 Å². The number of aromatic hydroxyl groups is 2. The van der Waals surface area contributed by atoms with Crippen LogP contribution in [0.5, 0.6) is 17.2 Å². The summed E-state index contributed by atoms with van der Waals surface area (Å²) < 4.78 is 7.56. The Kier molecular flexibility index (Phi) is 5.09. The van der Waals surface area contributed by atoms with Crippen LogP contribution in [-0.2, 0) is 6.42 Å². The lowest BCUT2D eigenvalue weighted by molar-refractivity contribution is 0.415. The summed E-state index contributed by atoms with van der Waals surface area (Å²) in [7, 11) is 5.48. The van der Waals surface area contributed by atoms with Crippen LogP contribution in [0.1, 0.15) is 12.5 Å². The number of phenols is 2. The van der Waals surface area contributed by atoms with Gasteiger partial charge in [0.1, 0.15) is 17.2 Å². The molecule has 0 fully saturated rings. The van der Waals surface area contributed by atoms with Crippen molar-refractivity contribution in [3.8, 4) is 34.3 Å². The van der Waals surface area contributed by atoms with Crippen molar-refractivity contribution in [2.45, 2.75) is 13.3 Å². The molecule has 1 heterocycles. The average molecular weight is 386 g/mol. The molecule has 0 unspecified atom stereocenters. The van der Waals surface area contributed by atoms with Crippen molar-refractivity contribution in [3.05, 3.63) is 40.7 Å². The lowest BCUT2D eigenvalue weighted by atomic mass is 10.1. The molecule has 0 aliphatic carbocycles. The minimum atomic E-state index is -0.0682. The zero-order valence-electron chi connectivity index (χ0n) is 15.6. The molecule has 3 rings (SSSR count). The smallest absolute Gasteiger partial charge is 0.200 e. The summed E-state index contributed by atoms with van der Waals surface area (Å²) in [5.41, 5.74) is 2.86. The number of nitrogens with one attached hydrogen (secondary N) is 1. The lowest BCUT2D eigenvalue weighted by Crippen LogP contribution is -2.11. The second-order valence-electron chi connectivity index (χ2n) is 6.29. The van der Waals surface area contributed by atoms with E-state index in [1.165, 1.54) is 6.07 Å². The number of H-pyrrole nitrogens is 1. The summed E-state index contributed by atoms with van der Waals surface area (Å²) in [5.74, 6) is 1.18. The fraction of sp³-hybridized carbons (Fsp3) is 0.263. The number of hydrogen-bond acceptors (Lipinski definition) is 6. The van der Waals surface area contributed by atoms with E-state index in [9.17, 15) is 10.2 Å². The predicted octanol–water partition coefficient (Wildman–Crippen LogP) is 3.65. The third kappa shape index (κ3) is 3.35. The van der Waals surface area contributed by atoms with Crippen molar-refractivity contribution in [1.29, 1.82) is 0 Å². The normalized spacial score (nSPS) is 10.8. The van der Waals surface area contributed by atoms with Crippen LogP contribution in [-0.4, -0.2) is 46.2 Å². The highest BCUT2D eigenvalue weighted by Gasteiger charge is 2.18. The molecule has 0 bridgehead atoms. The number of benzene rings is 2. The molecule has 3 aromatic rings. The molecule has 0 saturated carbocycles. The molecule has 8 heteroatoms. The molecule has 0 atom stereocenters. The molecule has 0 aliphatic rings. The Morgan fingerprint density at radius 2 is 1.93 bits per heavy atom. The number of hydrogen-bond donors (Lipinski definition) is 3. The topological polar surface area (TPSA) is 86.5 Å². The molecular weight excluding hydrogens is 364 g/mol. The van der Waals surface area contributed by atoms with Gasteiger partial charge < -0.3 is 19.8 Å². The fourth-order valence-corrected chi connectivity index (χ4v) is 3.21. The maximum Gasteiger partial charge on any atom is 0.200 e. The van der Waals surface area contributed by atoms with Gasteiger partial charge in [0.2, 0.25) is 0 Å². The minimum Gasteiger partial charge on any atom is -0.508 e. The predicted molar refractivity (Wildman–Crippen MR) is 108 cm³/mol. The Morgan fingerprint density at radius 3 is 2.56 bits per heavy atom. The van der Waals surface area contributed by atoms with Gasteiger partial charge in [-0.1, -0.05) is 6.92 Å². The van der Waals surface area contributed by atoms with Crippen molar-refractivity contribution in [3.63, 3.8) is 0 Å². The number of aryl methyl sites for hydroxylation is 1. The molecule has 2 aromatic carbocycles. The van der Waals surface area contributed by atoms with E-state index in [-0.39, 0.29) is 11.5 Å². The molecule has 142 valence electrons. The van der Waals surface area contributed by atoms with E-state index in [1.54, 1.807) is 17.7 Å². The lowest BCUT2D eigenvalue weighted by Gasteiger charge is -2.18. The summed E-state index contributed by atoms with van der Waals surface area (Å²) in [6.45, 7) is 1.93. The first-order valence-corrected chi connectivity index (χ1v) is 8.86. The van der Waals surface area contributed by atoms with Gasteiger partial charge in [-0.05, 0) is 48.5 Å².